The molecule has 0 radical (unpaired) electrons. The Balaban J connectivity index is 1.74. The lowest BCUT2D eigenvalue weighted by Crippen LogP contribution is -2.38. The van der Waals surface area contributed by atoms with Gasteiger partial charge in [-0.15, -0.1) is 0 Å². The Morgan fingerprint density at radius 3 is 2.71 bits per heavy atom. The van der Waals surface area contributed by atoms with E-state index in [9.17, 15) is 0 Å². The predicted octanol–water partition coefficient (Wildman–Crippen LogP) is 0.972. The first-order chi connectivity index (χ1) is 6.78. The molecule has 3 atom stereocenters. The van der Waals surface area contributed by atoms with Crippen LogP contribution in [0.1, 0.15) is 25.7 Å². The third kappa shape index (κ3) is 2.26. The SMILES string of the molecule is CN1CCC(NC2CCC(C#N)C2)C1. The van der Waals surface area contributed by atoms with Crippen LogP contribution in [-0.4, -0.2) is 37.1 Å². The number of hydrogen-bond donors (Lipinski definition) is 1. The van der Waals surface area contributed by atoms with E-state index in [1.807, 2.05) is 0 Å². The summed E-state index contributed by atoms with van der Waals surface area (Å²) in [5.74, 6) is 0.312. The first-order valence-corrected chi connectivity index (χ1v) is 5.62. The molecule has 2 rings (SSSR count). The third-order valence-electron chi connectivity index (χ3n) is 3.48. The largest absolute Gasteiger partial charge is 0.310 e. The van der Waals surface area contributed by atoms with Crippen molar-refractivity contribution in [3.63, 3.8) is 0 Å². The monoisotopic (exact) mass is 193 g/mol. The second-order valence-corrected chi connectivity index (χ2v) is 4.75. The van der Waals surface area contributed by atoms with E-state index in [0.29, 0.717) is 18.0 Å². The molecule has 2 aliphatic rings. The van der Waals surface area contributed by atoms with Gasteiger partial charge in [0.05, 0.1) is 6.07 Å². The van der Waals surface area contributed by atoms with E-state index in [-0.39, 0.29) is 0 Å². The molecule has 1 saturated carbocycles. The van der Waals surface area contributed by atoms with Gasteiger partial charge in [-0.25, -0.2) is 0 Å². The van der Waals surface area contributed by atoms with Crippen LogP contribution in [0.25, 0.3) is 0 Å². The molecular weight excluding hydrogens is 174 g/mol. The molecular formula is C11H19N3. The highest BCUT2D eigenvalue weighted by molar-refractivity contribution is 4.94. The molecule has 1 saturated heterocycles. The maximum atomic E-state index is 8.80. The average Bonchev–Trinajstić information content (AvgIpc) is 2.76. The number of likely N-dealkylation sites (tertiary alicyclic amines) is 1. The van der Waals surface area contributed by atoms with Gasteiger partial charge in [0, 0.05) is 24.5 Å². The summed E-state index contributed by atoms with van der Waals surface area (Å²) < 4.78 is 0. The first kappa shape index (κ1) is 9.95. The Morgan fingerprint density at radius 2 is 2.14 bits per heavy atom. The number of nitrogens with zero attached hydrogens (tertiary/aromatic N) is 2. The van der Waals surface area contributed by atoms with Crippen LogP contribution in [0.4, 0.5) is 0 Å². The van der Waals surface area contributed by atoms with E-state index in [1.54, 1.807) is 0 Å². The van der Waals surface area contributed by atoms with Crippen molar-refractivity contribution in [1.82, 2.24) is 10.2 Å². The minimum atomic E-state index is 0.312. The second-order valence-electron chi connectivity index (χ2n) is 4.75. The van der Waals surface area contributed by atoms with Crippen molar-refractivity contribution < 1.29 is 0 Å². The zero-order chi connectivity index (χ0) is 9.97. The molecule has 0 aromatic rings. The standard InChI is InChI=1S/C11H19N3/c1-14-5-4-11(8-14)13-10-3-2-9(6-10)7-12/h9-11,13H,2-6,8H2,1H3. The molecule has 78 valence electrons. The van der Waals surface area contributed by atoms with Crippen molar-refractivity contribution in [2.75, 3.05) is 20.1 Å². The highest BCUT2D eigenvalue weighted by atomic mass is 15.2. The van der Waals surface area contributed by atoms with Crippen molar-refractivity contribution in [1.29, 1.82) is 5.26 Å². The van der Waals surface area contributed by atoms with Crippen molar-refractivity contribution in [2.45, 2.75) is 37.8 Å². The van der Waals surface area contributed by atoms with Crippen LogP contribution in [0.5, 0.6) is 0 Å². The summed E-state index contributed by atoms with van der Waals surface area (Å²) in [5.41, 5.74) is 0. The summed E-state index contributed by atoms with van der Waals surface area (Å²) in [4.78, 5) is 2.37. The molecule has 1 heterocycles. The van der Waals surface area contributed by atoms with Crippen LogP contribution in [0.15, 0.2) is 0 Å². The van der Waals surface area contributed by atoms with Crippen LogP contribution in [0.2, 0.25) is 0 Å². The van der Waals surface area contributed by atoms with Gasteiger partial charge in [0.15, 0.2) is 0 Å². The molecule has 3 heteroatoms. The summed E-state index contributed by atoms with van der Waals surface area (Å²) in [6.45, 7) is 2.39. The van der Waals surface area contributed by atoms with Gasteiger partial charge < -0.3 is 10.2 Å². The molecule has 1 aliphatic heterocycles. The number of nitriles is 1. The minimum absolute atomic E-state index is 0.312. The van der Waals surface area contributed by atoms with E-state index < -0.39 is 0 Å². The zero-order valence-corrected chi connectivity index (χ0v) is 8.87. The second kappa shape index (κ2) is 4.29. The molecule has 1 N–H and O–H groups in total. The molecule has 14 heavy (non-hydrogen) atoms. The average molecular weight is 193 g/mol. The number of hydrogen-bond acceptors (Lipinski definition) is 3. The van der Waals surface area contributed by atoms with Gasteiger partial charge in [-0.1, -0.05) is 0 Å². The van der Waals surface area contributed by atoms with Crippen molar-refractivity contribution in [3.05, 3.63) is 0 Å². The maximum absolute atomic E-state index is 8.80. The normalized spacial score (nSPS) is 38.7. The van der Waals surface area contributed by atoms with Crippen molar-refractivity contribution >= 4 is 0 Å². The lowest BCUT2D eigenvalue weighted by Gasteiger charge is -2.18. The van der Waals surface area contributed by atoms with Gasteiger partial charge in [-0.05, 0) is 39.3 Å². The fourth-order valence-electron chi connectivity index (χ4n) is 2.65. The van der Waals surface area contributed by atoms with Crippen LogP contribution in [-0.2, 0) is 0 Å². The van der Waals surface area contributed by atoms with E-state index in [2.05, 4.69) is 23.3 Å². The summed E-state index contributed by atoms with van der Waals surface area (Å²) in [5, 5.41) is 12.5. The Labute approximate surface area is 86.1 Å². The first-order valence-electron chi connectivity index (χ1n) is 5.62. The van der Waals surface area contributed by atoms with Crippen LogP contribution >= 0.6 is 0 Å². The van der Waals surface area contributed by atoms with Gasteiger partial charge in [-0.2, -0.15) is 5.26 Å². The van der Waals surface area contributed by atoms with E-state index in [1.165, 1.54) is 25.9 Å². The third-order valence-corrected chi connectivity index (χ3v) is 3.48. The Morgan fingerprint density at radius 1 is 1.29 bits per heavy atom. The Kier molecular flexibility index (Phi) is 3.05. The molecule has 3 unspecified atom stereocenters. The van der Waals surface area contributed by atoms with Crippen LogP contribution in [0.3, 0.4) is 0 Å². The van der Waals surface area contributed by atoms with E-state index >= 15 is 0 Å². The van der Waals surface area contributed by atoms with Gasteiger partial charge >= 0.3 is 0 Å². The van der Waals surface area contributed by atoms with Gasteiger partial charge in [-0.3, -0.25) is 0 Å². The summed E-state index contributed by atoms with van der Waals surface area (Å²) >= 11 is 0. The summed E-state index contributed by atoms with van der Waals surface area (Å²) in [6, 6.07) is 3.65. The number of likely N-dealkylation sites (N-methyl/N-ethyl adjacent to an activating group) is 1. The van der Waals surface area contributed by atoms with Crippen LogP contribution in [0, 0.1) is 17.2 Å². The lowest BCUT2D eigenvalue weighted by atomic mass is 10.1. The molecule has 2 fully saturated rings. The highest BCUT2D eigenvalue weighted by Gasteiger charge is 2.28. The number of nitrogens with one attached hydrogen (secondary N) is 1. The molecule has 1 aliphatic carbocycles. The molecule has 0 aromatic heterocycles. The fraction of sp³-hybridized carbons (Fsp3) is 0.909. The maximum Gasteiger partial charge on any atom is 0.0656 e. The van der Waals surface area contributed by atoms with E-state index in [4.69, 9.17) is 5.26 Å². The predicted molar refractivity (Wildman–Crippen MR) is 55.8 cm³/mol. The number of rotatable bonds is 2. The van der Waals surface area contributed by atoms with Crippen LogP contribution < -0.4 is 5.32 Å². The minimum Gasteiger partial charge on any atom is -0.310 e. The van der Waals surface area contributed by atoms with Gasteiger partial charge in [0.2, 0.25) is 0 Å². The summed E-state index contributed by atoms with van der Waals surface area (Å²) in [7, 11) is 2.18. The molecule has 3 nitrogen and oxygen atoms in total. The Bertz CT molecular complexity index is 233. The highest BCUT2D eigenvalue weighted by Crippen LogP contribution is 2.25. The quantitative estimate of drug-likeness (QED) is 0.710. The molecule has 0 bridgehead atoms. The van der Waals surface area contributed by atoms with E-state index in [0.717, 1.165) is 12.8 Å². The van der Waals surface area contributed by atoms with Gasteiger partial charge in [0.1, 0.15) is 0 Å². The molecule has 0 spiro atoms. The topological polar surface area (TPSA) is 39.1 Å². The zero-order valence-electron chi connectivity index (χ0n) is 8.87. The lowest BCUT2D eigenvalue weighted by molar-refractivity contribution is 0.379. The van der Waals surface area contributed by atoms with Gasteiger partial charge in [0.25, 0.3) is 0 Å². The smallest absolute Gasteiger partial charge is 0.0656 e. The Hall–Kier alpha value is -0.590. The fourth-order valence-corrected chi connectivity index (χ4v) is 2.65. The van der Waals surface area contributed by atoms with Crippen molar-refractivity contribution in [3.8, 4) is 6.07 Å². The molecule has 0 amide bonds. The van der Waals surface area contributed by atoms with Crippen molar-refractivity contribution in [2.24, 2.45) is 5.92 Å². The molecule has 0 aromatic carbocycles. The summed E-state index contributed by atoms with van der Waals surface area (Å²) in [6.07, 6.45) is 4.62.